The Hall–Kier alpha value is -1.87. The van der Waals surface area contributed by atoms with E-state index in [9.17, 15) is 4.79 Å². The fourth-order valence-corrected chi connectivity index (χ4v) is 4.27. The molecule has 5 rings (SSSR count). The Morgan fingerprint density at radius 2 is 1.96 bits per heavy atom. The molecule has 1 aromatic carbocycles. The zero-order valence-corrected chi connectivity index (χ0v) is 15.9. The quantitative estimate of drug-likeness (QED) is 0.680. The molecule has 0 aliphatic carbocycles. The number of benzene rings is 1. The lowest BCUT2D eigenvalue weighted by molar-refractivity contribution is -0.134. The minimum atomic E-state index is -0.135. The van der Waals surface area contributed by atoms with Crippen molar-refractivity contribution in [1.29, 1.82) is 0 Å². The summed E-state index contributed by atoms with van der Waals surface area (Å²) < 4.78 is 5.85. The van der Waals surface area contributed by atoms with Crippen molar-refractivity contribution >= 4 is 35.4 Å². The number of rotatable bonds is 2. The number of piperazine rings is 1. The lowest BCUT2D eigenvalue weighted by Crippen LogP contribution is -2.56. The van der Waals surface area contributed by atoms with Gasteiger partial charge in [0.05, 0.1) is 0 Å². The summed E-state index contributed by atoms with van der Waals surface area (Å²) in [5, 5.41) is 3.41. The van der Waals surface area contributed by atoms with Crippen LogP contribution in [0.5, 0.6) is 0 Å². The maximum Gasteiger partial charge on any atom is 0.298 e. The van der Waals surface area contributed by atoms with Gasteiger partial charge in [-0.05, 0) is 25.1 Å². The van der Waals surface area contributed by atoms with Crippen molar-refractivity contribution in [3.8, 4) is 0 Å². The number of para-hydroxylation sites is 2. The van der Waals surface area contributed by atoms with Crippen LogP contribution in [0.25, 0.3) is 11.1 Å². The van der Waals surface area contributed by atoms with Gasteiger partial charge in [-0.2, -0.15) is 4.98 Å². The maximum atomic E-state index is 13.0. The number of carbonyl (C=O) groups excluding carboxylic acids is 1. The fourth-order valence-electron chi connectivity index (χ4n) is 4.27. The molecule has 3 aliphatic heterocycles. The van der Waals surface area contributed by atoms with Crippen molar-refractivity contribution in [2.45, 2.75) is 18.5 Å². The lowest BCUT2D eigenvalue weighted by atomic mass is 9.89. The monoisotopic (exact) mass is 392 g/mol. The molecule has 2 aromatic rings. The SMILES string of the molecule is Cl.O=C(C1NNC2CCNCC21)N1CCN(c2nc3ccccc3o2)CC1. The molecular weight excluding hydrogens is 368 g/mol. The molecule has 3 N–H and O–H groups in total. The summed E-state index contributed by atoms with van der Waals surface area (Å²) in [4.78, 5) is 21.6. The number of fused-ring (bicyclic) bond motifs is 2. The smallest absolute Gasteiger partial charge is 0.298 e. The molecule has 3 fully saturated rings. The van der Waals surface area contributed by atoms with Gasteiger partial charge in [0.15, 0.2) is 5.58 Å². The number of oxazole rings is 1. The van der Waals surface area contributed by atoms with Crippen molar-refractivity contribution in [1.82, 2.24) is 26.1 Å². The molecule has 0 radical (unpaired) electrons. The van der Waals surface area contributed by atoms with E-state index < -0.39 is 0 Å². The molecule has 3 saturated heterocycles. The molecule has 9 heteroatoms. The van der Waals surface area contributed by atoms with Crippen LogP contribution in [0.3, 0.4) is 0 Å². The number of nitrogens with zero attached hydrogens (tertiary/aromatic N) is 3. The number of anilines is 1. The van der Waals surface area contributed by atoms with Gasteiger partial charge in [0.1, 0.15) is 11.6 Å². The number of hydrogen-bond acceptors (Lipinski definition) is 7. The normalized spacial score (nSPS) is 28.1. The van der Waals surface area contributed by atoms with Gasteiger partial charge < -0.3 is 19.5 Å². The predicted molar refractivity (Wildman–Crippen MR) is 105 cm³/mol. The van der Waals surface area contributed by atoms with Crippen LogP contribution >= 0.6 is 12.4 Å². The number of aromatic nitrogens is 1. The van der Waals surface area contributed by atoms with Crippen LogP contribution < -0.4 is 21.1 Å². The summed E-state index contributed by atoms with van der Waals surface area (Å²) in [6.45, 7) is 4.78. The molecule has 8 nitrogen and oxygen atoms in total. The van der Waals surface area contributed by atoms with Gasteiger partial charge in [-0.3, -0.25) is 10.2 Å². The Morgan fingerprint density at radius 3 is 2.78 bits per heavy atom. The molecule has 3 atom stereocenters. The third-order valence-electron chi connectivity index (χ3n) is 5.79. The average Bonchev–Trinajstić information content (AvgIpc) is 3.32. The van der Waals surface area contributed by atoms with Crippen LogP contribution in [0.2, 0.25) is 0 Å². The summed E-state index contributed by atoms with van der Waals surface area (Å²) in [5.41, 5.74) is 8.21. The van der Waals surface area contributed by atoms with E-state index in [1.165, 1.54) is 0 Å². The molecule has 146 valence electrons. The van der Waals surface area contributed by atoms with Gasteiger partial charge in [-0.25, -0.2) is 5.43 Å². The summed E-state index contributed by atoms with van der Waals surface area (Å²) in [7, 11) is 0. The van der Waals surface area contributed by atoms with E-state index in [1.54, 1.807) is 0 Å². The Morgan fingerprint density at radius 1 is 1.15 bits per heavy atom. The predicted octanol–water partition coefficient (Wildman–Crippen LogP) is 0.353. The van der Waals surface area contributed by atoms with Crippen molar-refractivity contribution in [2.75, 3.05) is 44.2 Å². The molecule has 3 aliphatic rings. The van der Waals surface area contributed by atoms with Crippen LogP contribution in [-0.2, 0) is 4.79 Å². The van der Waals surface area contributed by atoms with E-state index in [0.29, 0.717) is 31.1 Å². The van der Waals surface area contributed by atoms with Crippen LogP contribution in [0.15, 0.2) is 28.7 Å². The van der Waals surface area contributed by atoms with Crippen molar-refractivity contribution < 1.29 is 9.21 Å². The number of hydrazine groups is 1. The second-order valence-electron chi connectivity index (χ2n) is 7.31. The number of amides is 1. The fraction of sp³-hybridized carbons (Fsp3) is 0.556. The van der Waals surface area contributed by atoms with Crippen LogP contribution in [0.1, 0.15) is 6.42 Å². The maximum absolute atomic E-state index is 13.0. The highest BCUT2D eigenvalue weighted by Gasteiger charge is 2.43. The van der Waals surface area contributed by atoms with Gasteiger partial charge in [0.25, 0.3) is 6.01 Å². The van der Waals surface area contributed by atoms with Crippen molar-refractivity contribution in [3.63, 3.8) is 0 Å². The van der Waals surface area contributed by atoms with Gasteiger partial charge in [0, 0.05) is 44.7 Å². The van der Waals surface area contributed by atoms with E-state index in [4.69, 9.17) is 4.42 Å². The number of halogens is 1. The van der Waals surface area contributed by atoms with E-state index >= 15 is 0 Å². The number of nitrogens with one attached hydrogen (secondary N) is 3. The average molecular weight is 393 g/mol. The van der Waals surface area contributed by atoms with E-state index in [2.05, 4.69) is 26.1 Å². The summed E-state index contributed by atoms with van der Waals surface area (Å²) in [5.74, 6) is 0.525. The largest absolute Gasteiger partial charge is 0.423 e. The van der Waals surface area contributed by atoms with E-state index in [-0.39, 0.29) is 24.4 Å². The number of piperidine rings is 1. The third-order valence-corrected chi connectivity index (χ3v) is 5.79. The zero-order chi connectivity index (χ0) is 17.5. The molecule has 27 heavy (non-hydrogen) atoms. The molecule has 1 amide bonds. The lowest BCUT2D eigenvalue weighted by Gasteiger charge is -2.36. The standard InChI is InChI=1S/C18H24N6O2.ClH/c25-17(16-12-11-19-6-5-13(12)21-22-16)23-7-9-24(10-8-23)18-20-14-3-1-2-4-15(14)26-18;/h1-4,12-13,16,19,21-22H,5-11H2;1H. The molecule has 3 unspecified atom stereocenters. The highest BCUT2D eigenvalue weighted by atomic mass is 35.5. The van der Waals surface area contributed by atoms with Gasteiger partial charge >= 0.3 is 0 Å². The molecule has 4 heterocycles. The first kappa shape index (κ1) is 18.5. The van der Waals surface area contributed by atoms with E-state index in [0.717, 1.165) is 43.7 Å². The molecule has 0 saturated carbocycles. The molecule has 0 bridgehead atoms. The summed E-state index contributed by atoms with van der Waals surface area (Å²) >= 11 is 0. The highest BCUT2D eigenvalue weighted by molar-refractivity contribution is 5.85. The summed E-state index contributed by atoms with van der Waals surface area (Å²) in [6.07, 6.45) is 1.06. The first-order valence-corrected chi connectivity index (χ1v) is 9.41. The Labute approximate surface area is 164 Å². The number of hydrogen-bond donors (Lipinski definition) is 3. The van der Waals surface area contributed by atoms with Crippen molar-refractivity contribution in [3.05, 3.63) is 24.3 Å². The second kappa shape index (κ2) is 7.63. The molecular formula is C18H25ClN6O2. The highest BCUT2D eigenvalue weighted by Crippen LogP contribution is 2.24. The van der Waals surface area contributed by atoms with Crippen LogP contribution in [-0.4, -0.2) is 67.1 Å². The Balaban J connectivity index is 0.00000180. The first-order chi connectivity index (χ1) is 12.8. The third kappa shape index (κ3) is 3.38. The minimum absolute atomic E-state index is 0. The van der Waals surface area contributed by atoms with Crippen molar-refractivity contribution in [2.24, 2.45) is 5.92 Å². The van der Waals surface area contributed by atoms with Gasteiger partial charge in [-0.1, -0.05) is 12.1 Å². The first-order valence-electron chi connectivity index (χ1n) is 9.41. The van der Waals surface area contributed by atoms with Gasteiger partial charge in [0.2, 0.25) is 5.91 Å². The van der Waals surface area contributed by atoms with E-state index in [1.807, 2.05) is 29.2 Å². The Kier molecular flexibility index (Phi) is 5.23. The second-order valence-corrected chi connectivity index (χ2v) is 7.31. The van der Waals surface area contributed by atoms with Gasteiger partial charge in [-0.15, -0.1) is 12.4 Å². The molecule has 0 spiro atoms. The Bertz CT molecular complexity index is 773. The topological polar surface area (TPSA) is 85.7 Å². The number of carbonyl (C=O) groups is 1. The minimum Gasteiger partial charge on any atom is -0.423 e. The van der Waals surface area contributed by atoms with Crippen LogP contribution in [0, 0.1) is 5.92 Å². The summed E-state index contributed by atoms with van der Waals surface area (Å²) in [6, 6.07) is 8.70. The van der Waals surface area contributed by atoms with Crippen LogP contribution in [0.4, 0.5) is 6.01 Å². The zero-order valence-electron chi connectivity index (χ0n) is 15.1. The molecule has 1 aromatic heterocycles.